The van der Waals surface area contributed by atoms with Crippen molar-refractivity contribution in [3.05, 3.63) is 59.7 Å². The first-order chi connectivity index (χ1) is 12.5. The van der Waals surface area contributed by atoms with Gasteiger partial charge in [-0.15, -0.1) is 0 Å². The average Bonchev–Trinajstić information content (AvgIpc) is 3.17. The van der Waals surface area contributed by atoms with Crippen molar-refractivity contribution in [1.29, 1.82) is 0 Å². The highest BCUT2D eigenvalue weighted by Gasteiger charge is 2.20. The van der Waals surface area contributed by atoms with Gasteiger partial charge in [0.15, 0.2) is 0 Å². The first kappa shape index (κ1) is 17.7. The van der Waals surface area contributed by atoms with Crippen LogP contribution in [0.4, 0.5) is 11.4 Å². The second-order valence-electron chi connectivity index (χ2n) is 6.29. The third-order valence-corrected chi connectivity index (χ3v) is 4.23. The van der Waals surface area contributed by atoms with Crippen LogP contribution in [0.5, 0.6) is 0 Å². The Hall–Kier alpha value is -3.15. The monoisotopic (exact) mass is 351 g/mol. The van der Waals surface area contributed by atoms with Gasteiger partial charge in [-0.3, -0.25) is 14.4 Å². The van der Waals surface area contributed by atoms with Crippen LogP contribution >= 0.6 is 0 Å². The highest BCUT2D eigenvalue weighted by molar-refractivity contribution is 6.06. The van der Waals surface area contributed by atoms with E-state index < -0.39 is 0 Å². The Bertz CT molecular complexity index is 824. The summed E-state index contributed by atoms with van der Waals surface area (Å²) in [5.41, 5.74) is 2.23. The molecule has 0 saturated carbocycles. The molecule has 2 aromatic carbocycles. The zero-order chi connectivity index (χ0) is 18.5. The number of carbonyl (C=O) groups is 3. The standard InChI is InChI=1S/C20H21N3O3/c1-14(24)21-17-7-9-18(10-8-17)22-19(25)15-5-4-6-16(13-15)20(26)23-11-2-3-12-23/h4-10,13H,2-3,11-12H2,1H3,(H,21,24)(H,22,25). The van der Waals surface area contributed by atoms with Crippen molar-refractivity contribution >= 4 is 29.1 Å². The molecule has 0 aromatic heterocycles. The quantitative estimate of drug-likeness (QED) is 0.888. The molecule has 1 heterocycles. The summed E-state index contributed by atoms with van der Waals surface area (Å²) in [7, 11) is 0. The molecule has 0 spiro atoms. The summed E-state index contributed by atoms with van der Waals surface area (Å²) in [6.07, 6.45) is 2.06. The predicted octanol–water partition coefficient (Wildman–Crippen LogP) is 3.13. The summed E-state index contributed by atoms with van der Waals surface area (Å²) >= 11 is 0. The Balaban J connectivity index is 1.68. The third-order valence-electron chi connectivity index (χ3n) is 4.23. The van der Waals surface area contributed by atoms with Gasteiger partial charge in [-0.1, -0.05) is 6.07 Å². The number of rotatable bonds is 4. The normalized spacial score (nSPS) is 13.3. The molecule has 3 rings (SSSR count). The molecule has 134 valence electrons. The second-order valence-corrected chi connectivity index (χ2v) is 6.29. The highest BCUT2D eigenvalue weighted by Crippen LogP contribution is 2.17. The first-order valence-corrected chi connectivity index (χ1v) is 8.61. The van der Waals surface area contributed by atoms with Crippen molar-refractivity contribution < 1.29 is 14.4 Å². The maximum atomic E-state index is 12.5. The Kier molecular flexibility index (Phi) is 5.31. The van der Waals surface area contributed by atoms with Crippen LogP contribution in [0.2, 0.25) is 0 Å². The van der Waals surface area contributed by atoms with E-state index in [1.54, 1.807) is 48.5 Å². The van der Waals surface area contributed by atoms with Crippen molar-refractivity contribution in [2.24, 2.45) is 0 Å². The third kappa shape index (κ3) is 4.27. The molecule has 1 aliphatic rings. The van der Waals surface area contributed by atoms with Crippen LogP contribution < -0.4 is 10.6 Å². The summed E-state index contributed by atoms with van der Waals surface area (Å²) in [6, 6.07) is 13.6. The van der Waals surface area contributed by atoms with Gasteiger partial charge in [-0.25, -0.2) is 0 Å². The molecule has 3 amide bonds. The lowest BCUT2D eigenvalue weighted by atomic mass is 10.1. The molecule has 0 atom stereocenters. The number of hydrogen-bond donors (Lipinski definition) is 2. The fourth-order valence-corrected chi connectivity index (χ4v) is 2.94. The molecule has 0 unspecified atom stereocenters. The zero-order valence-electron chi connectivity index (χ0n) is 14.6. The summed E-state index contributed by atoms with van der Waals surface area (Å²) in [4.78, 5) is 37.8. The van der Waals surface area contributed by atoms with Crippen molar-refractivity contribution in [2.75, 3.05) is 23.7 Å². The van der Waals surface area contributed by atoms with Gasteiger partial charge in [0.05, 0.1) is 0 Å². The van der Waals surface area contributed by atoms with E-state index in [1.807, 2.05) is 4.90 Å². The molecule has 6 heteroatoms. The lowest BCUT2D eigenvalue weighted by Crippen LogP contribution is -2.27. The molecule has 0 radical (unpaired) electrons. The van der Waals surface area contributed by atoms with Gasteiger partial charge in [-0.05, 0) is 55.3 Å². The number of anilines is 2. The Morgan fingerprint density at radius 2 is 1.42 bits per heavy atom. The summed E-state index contributed by atoms with van der Waals surface area (Å²) in [5.74, 6) is -0.466. The number of benzene rings is 2. The average molecular weight is 351 g/mol. The van der Waals surface area contributed by atoms with E-state index in [2.05, 4.69) is 10.6 Å². The lowest BCUT2D eigenvalue weighted by Gasteiger charge is -2.15. The van der Waals surface area contributed by atoms with Gasteiger partial charge < -0.3 is 15.5 Å². The minimum atomic E-state index is -0.284. The molecule has 2 N–H and O–H groups in total. The second kappa shape index (κ2) is 7.82. The molecule has 2 aromatic rings. The molecule has 1 saturated heterocycles. The number of nitrogens with one attached hydrogen (secondary N) is 2. The number of carbonyl (C=O) groups excluding carboxylic acids is 3. The summed E-state index contributed by atoms with van der Waals surface area (Å²) in [6.45, 7) is 2.98. The van der Waals surface area contributed by atoms with Crippen LogP contribution in [-0.2, 0) is 4.79 Å². The Morgan fingerprint density at radius 1 is 0.846 bits per heavy atom. The van der Waals surface area contributed by atoms with E-state index in [0.29, 0.717) is 22.5 Å². The zero-order valence-corrected chi connectivity index (χ0v) is 14.6. The van der Waals surface area contributed by atoms with Gasteiger partial charge >= 0.3 is 0 Å². The first-order valence-electron chi connectivity index (χ1n) is 8.61. The van der Waals surface area contributed by atoms with Crippen LogP contribution in [0, 0.1) is 0 Å². The van der Waals surface area contributed by atoms with Gasteiger partial charge in [0, 0.05) is 42.5 Å². The highest BCUT2D eigenvalue weighted by atomic mass is 16.2. The van der Waals surface area contributed by atoms with Gasteiger partial charge in [0.25, 0.3) is 11.8 Å². The minimum absolute atomic E-state index is 0.0307. The van der Waals surface area contributed by atoms with Crippen LogP contribution in [0.25, 0.3) is 0 Å². The van der Waals surface area contributed by atoms with Gasteiger partial charge in [0.2, 0.25) is 5.91 Å². The fourth-order valence-electron chi connectivity index (χ4n) is 2.94. The molecule has 0 aliphatic carbocycles. The number of nitrogens with zero attached hydrogens (tertiary/aromatic N) is 1. The Labute approximate surface area is 152 Å². The molecule has 6 nitrogen and oxygen atoms in total. The van der Waals surface area contributed by atoms with Gasteiger partial charge in [0.1, 0.15) is 0 Å². The van der Waals surface area contributed by atoms with Crippen molar-refractivity contribution in [3.63, 3.8) is 0 Å². The van der Waals surface area contributed by atoms with E-state index in [9.17, 15) is 14.4 Å². The number of likely N-dealkylation sites (tertiary alicyclic amines) is 1. The molecular formula is C20H21N3O3. The van der Waals surface area contributed by atoms with E-state index >= 15 is 0 Å². The van der Waals surface area contributed by atoms with Crippen molar-refractivity contribution in [2.45, 2.75) is 19.8 Å². The van der Waals surface area contributed by atoms with E-state index in [4.69, 9.17) is 0 Å². The number of amides is 3. The van der Waals surface area contributed by atoms with E-state index in [-0.39, 0.29) is 17.7 Å². The van der Waals surface area contributed by atoms with E-state index in [0.717, 1.165) is 25.9 Å². The van der Waals surface area contributed by atoms with Crippen molar-refractivity contribution in [3.8, 4) is 0 Å². The topological polar surface area (TPSA) is 78.5 Å². The summed E-state index contributed by atoms with van der Waals surface area (Å²) < 4.78 is 0. The van der Waals surface area contributed by atoms with Crippen LogP contribution in [0.1, 0.15) is 40.5 Å². The van der Waals surface area contributed by atoms with E-state index in [1.165, 1.54) is 6.92 Å². The van der Waals surface area contributed by atoms with Crippen LogP contribution in [0.3, 0.4) is 0 Å². The molecule has 1 fully saturated rings. The Morgan fingerprint density at radius 3 is 2.04 bits per heavy atom. The maximum absolute atomic E-state index is 12.5. The van der Waals surface area contributed by atoms with Crippen molar-refractivity contribution in [1.82, 2.24) is 4.90 Å². The van der Waals surface area contributed by atoms with Gasteiger partial charge in [-0.2, -0.15) is 0 Å². The fraction of sp³-hybridized carbons (Fsp3) is 0.250. The smallest absolute Gasteiger partial charge is 0.255 e. The largest absolute Gasteiger partial charge is 0.339 e. The SMILES string of the molecule is CC(=O)Nc1ccc(NC(=O)c2cccc(C(=O)N3CCCC3)c2)cc1. The summed E-state index contributed by atoms with van der Waals surface area (Å²) in [5, 5.41) is 5.47. The molecular weight excluding hydrogens is 330 g/mol. The minimum Gasteiger partial charge on any atom is -0.339 e. The lowest BCUT2D eigenvalue weighted by molar-refractivity contribution is -0.114. The van der Waals surface area contributed by atoms with Crippen LogP contribution in [-0.4, -0.2) is 35.7 Å². The predicted molar refractivity (Wildman–Crippen MR) is 100 cm³/mol. The van der Waals surface area contributed by atoms with Crippen LogP contribution in [0.15, 0.2) is 48.5 Å². The molecule has 0 bridgehead atoms. The maximum Gasteiger partial charge on any atom is 0.255 e. The molecule has 1 aliphatic heterocycles. The number of hydrogen-bond acceptors (Lipinski definition) is 3. The molecule has 26 heavy (non-hydrogen) atoms.